The van der Waals surface area contributed by atoms with E-state index in [1.54, 1.807) is 0 Å². The molecule has 0 spiro atoms. The molecule has 194 valence electrons. The Morgan fingerprint density at radius 1 is 1.06 bits per heavy atom. The minimum absolute atomic E-state index is 0.0313. The molecule has 0 radical (unpaired) electrons. The number of amides is 1. The number of nitrogens with two attached hydrogens (primary N) is 3. The number of aliphatic imine (C=N–C) groups is 1. The average Bonchev–Trinajstić information content (AvgIpc) is 2.85. The molecule has 1 heterocycles. The Bertz CT molecular complexity index is 1080. The van der Waals surface area contributed by atoms with Gasteiger partial charge in [0, 0.05) is 13.0 Å². The van der Waals surface area contributed by atoms with Gasteiger partial charge in [-0.25, -0.2) is 9.97 Å². The molecule has 8 N–H and O–H groups in total. The van der Waals surface area contributed by atoms with E-state index < -0.39 is 11.9 Å². The topological polar surface area (TPSA) is 183 Å². The van der Waals surface area contributed by atoms with Crippen LogP contribution in [0, 0.1) is 5.92 Å². The van der Waals surface area contributed by atoms with Crippen molar-refractivity contribution < 1.29 is 14.7 Å². The molecule has 1 aromatic heterocycles. The molecule has 1 aliphatic rings. The second-order valence-electron chi connectivity index (χ2n) is 9.20. The highest BCUT2D eigenvalue weighted by molar-refractivity contribution is 6.31. The number of hydrogen-bond donors (Lipinski definition) is 5. The Morgan fingerprint density at radius 2 is 1.75 bits per heavy atom. The van der Waals surface area contributed by atoms with Crippen LogP contribution in [-0.4, -0.2) is 39.5 Å². The molecule has 1 fully saturated rings. The van der Waals surface area contributed by atoms with E-state index in [1.165, 1.54) is 11.1 Å². The maximum absolute atomic E-state index is 12.2. The van der Waals surface area contributed by atoms with Gasteiger partial charge >= 0.3 is 5.97 Å². The number of hydrogen-bond acceptors (Lipinski definition) is 7. The molecule has 11 heteroatoms. The largest absolute Gasteiger partial charge is 0.481 e. The maximum atomic E-state index is 12.2. The number of guanidine groups is 1. The van der Waals surface area contributed by atoms with Crippen molar-refractivity contribution in [1.29, 1.82) is 0 Å². The number of benzene rings is 1. The highest BCUT2D eigenvalue weighted by Gasteiger charge is 2.22. The third-order valence-electron chi connectivity index (χ3n) is 6.58. The number of carboxylic acids is 1. The first-order valence-electron chi connectivity index (χ1n) is 12.2. The van der Waals surface area contributed by atoms with E-state index >= 15 is 0 Å². The lowest BCUT2D eigenvalue weighted by atomic mass is 9.77. The van der Waals surface area contributed by atoms with Crippen molar-refractivity contribution in [3.8, 4) is 0 Å². The summed E-state index contributed by atoms with van der Waals surface area (Å²) in [6, 6.07) is 8.82. The fourth-order valence-electron chi connectivity index (χ4n) is 4.53. The Labute approximate surface area is 215 Å². The Kier molecular flexibility index (Phi) is 9.86. The zero-order valence-corrected chi connectivity index (χ0v) is 21.0. The number of nitrogen functional groups attached to an aromatic ring is 2. The van der Waals surface area contributed by atoms with E-state index in [2.05, 4.69) is 44.5 Å². The van der Waals surface area contributed by atoms with Gasteiger partial charge in [-0.05, 0) is 74.3 Å². The number of rotatable bonds is 10. The van der Waals surface area contributed by atoms with Crippen LogP contribution in [0.25, 0.3) is 0 Å². The second-order valence-corrected chi connectivity index (χ2v) is 9.56. The predicted molar refractivity (Wildman–Crippen MR) is 141 cm³/mol. The van der Waals surface area contributed by atoms with E-state index in [0.29, 0.717) is 18.4 Å². The van der Waals surface area contributed by atoms with E-state index in [4.69, 9.17) is 33.9 Å². The molecule has 1 aromatic carbocycles. The van der Waals surface area contributed by atoms with Crippen molar-refractivity contribution in [2.45, 2.75) is 63.7 Å². The highest BCUT2D eigenvalue weighted by atomic mass is 35.5. The number of aromatic nitrogens is 2. The summed E-state index contributed by atoms with van der Waals surface area (Å²) in [7, 11) is 0. The number of aryl methyl sites for hydroxylation is 1. The van der Waals surface area contributed by atoms with Gasteiger partial charge in [-0.3, -0.25) is 19.9 Å². The van der Waals surface area contributed by atoms with Crippen molar-refractivity contribution in [3.05, 3.63) is 46.2 Å². The number of anilines is 2. The molecule has 0 unspecified atom stereocenters. The SMILES string of the molecule is NC(=NCCCCc1ccc(C2CCC(CCC(=O)O)CC2)cc1)NC(=O)c1nc(Cl)c(N)nc1N. The van der Waals surface area contributed by atoms with Gasteiger partial charge in [-0.1, -0.05) is 35.9 Å². The van der Waals surface area contributed by atoms with Gasteiger partial charge in [0.2, 0.25) is 0 Å². The Balaban J connectivity index is 1.36. The van der Waals surface area contributed by atoms with Crippen LogP contribution in [0.15, 0.2) is 29.3 Å². The van der Waals surface area contributed by atoms with Crippen LogP contribution in [0.3, 0.4) is 0 Å². The fourth-order valence-corrected chi connectivity index (χ4v) is 4.66. The summed E-state index contributed by atoms with van der Waals surface area (Å²) in [5.41, 5.74) is 19.4. The minimum atomic E-state index is -0.698. The van der Waals surface area contributed by atoms with Gasteiger partial charge in [-0.15, -0.1) is 0 Å². The van der Waals surface area contributed by atoms with Gasteiger partial charge in [0.1, 0.15) is 0 Å². The molecule has 1 aliphatic carbocycles. The van der Waals surface area contributed by atoms with Crippen LogP contribution in [0.1, 0.15) is 78.9 Å². The number of carbonyl (C=O) groups excluding carboxylic acids is 1. The van der Waals surface area contributed by atoms with E-state index in [0.717, 1.165) is 51.4 Å². The molecule has 0 atom stereocenters. The number of carbonyl (C=O) groups is 2. The molecule has 10 nitrogen and oxygen atoms in total. The fraction of sp³-hybridized carbons (Fsp3) is 0.480. The summed E-state index contributed by atoms with van der Waals surface area (Å²) < 4.78 is 0. The predicted octanol–water partition coefficient (Wildman–Crippen LogP) is 3.50. The summed E-state index contributed by atoms with van der Waals surface area (Å²) in [4.78, 5) is 34.8. The summed E-state index contributed by atoms with van der Waals surface area (Å²) in [5, 5.41) is 11.2. The molecular formula is C25H34ClN7O3. The number of aliphatic carboxylic acids is 1. The number of nitrogens with zero attached hydrogens (tertiary/aromatic N) is 3. The molecule has 0 bridgehead atoms. The van der Waals surface area contributed by atoms with Crippen LogP contribution < -0.4 is 22.5 Å². The van der Waals surface area contributed by atoms with Gasteiger partial charge in [0.15, 0.2) is 28.4 Å². The quantitative estimate of drug-likeness (QED) is 0.181. The van der Waals surface area contributed by atoms with Crippen molar-refractivity contribution >= 4 is 41.1 Å². The second kappa shape index (κ2) is 13.1. The van der Waals surface area contributed by atoms with Crippen molar-refractivity contribution in [2.75, 3.05) is 18.0 Å². The third kappa shape index (κ3) is 8.08. The first kappa shape index (κ1) is 27.2. The molecule has 0 aliphatic heterocycles. The van der Waals surface area contributed by atoms with Gasteiger partial charge in [0.05, 0.1) is 0 Å². The number of nitrogens with one attached hydrogen (secondary N) is 1. The minimum Gasteiger partial charge on any atom is -0.481 e. The zero-order valence-electron chi connectivity index (χ0n) is 20.3. The number of halogens is 1. The first-order valence-corrected chi connectivity index (χ1v) is 12.6. The number of unbranched alkanes of at least 4 members (excludes halogenated alkanes) is 1. The smallest absolute Gasteiger partial charge is 0.303 e. The first-order chi connectivity index (χ1) is 17.2. The maximum Gasteiger partial charge on any atom is 0.303 e. The van der Waals surface area contributed by atoms with E-state index in [-0.39, 0.29) is 34.9 Å². The lowest BCUT2D eigenvalue weighted by molar-refractivity contribution is -0.137. The van der Waals surface area contributed by atoms with E-state index in [1.807, 2.05) is 0 Å². The molecule has 1 amide bonds. The van der Waals surface area contributed by atoms with Crippen molar-refractivity contribution in [1.82, 2.24) is 15.3 Å². The molecule has 2 aromatic rings. The zero-order chi connectivity index (χ0) is 26.1. The summed E-state index contributed by atoms with van der Waals surface area (Å²) in [6.45, 7) is 0.471. The monoisotopic (exact) mass is 515 g/mol. The van der Waals surface area contributed by atoms with Crippen molar-refractivity contribution in [2.24, 2.45) is 16.6 Å². The van der Waals surface area contributed by atoms with Crippen LogP contribution in [0.5, 0.6) is 0 Å². The molecular weight excluding hydrogens is 482 g/mol. The number of carboxylic acid groups (broad SMARTS) is 1. The molecule has 0 saturated heterocycles. The van der Waals surface area contributed by atoms with Crippen LogP contribution >= 0.6 is 11.6 Å². The lowest BCUT2D eigenvalue weighted by Crippen LogP contribution is -2.38. The van der Waals surface area contributed by atoms with Crippen LogP contribution in [0.4, 0.5) is 11.6 Å². The third-order valence-corrected chi connectivity index (χ3v) is 6.86. The van der Waals surface area contributed by atoms with Crippen LogP contribution in [0.2, 0.25) is 5.15 Å². The van der Waals surface area contributed by atoms with Crippen LogP contribution in [-0.2, 0) is 11.2 Å². The molecule has 1 saturated carbocycles. The lowest BCUT2D eigenvalue weighted by Gasteiger charge is -2.28. The average molecular weight is 516 g/mol. The highest BCUT2D eigenvalue weighted by Crippen LogP contribution is 2.37. The van der Waals surface area contributed by atoms with Gasteiger partial charge in [0.25, 0.3) is 5.91 Å². The van der Waals surface area contributed by atoms with Crippen molar-refractivity contribution in [3.63, 3.8) is 0 Å². The van der Waals surface area contributed by atoms with Gasteiger partial charge < -0.3 is 22.3 Å². The van der Waals surface area contributed by atoms with Gasteiger partial charge in [-0.2, -0.15) is 0 Å². The van der Waals surface area contributed by atoms with E-state index in [9.17, 15) is 9.59 Å². The summed E-state index contributed by atoms with van der Waals surface area (Å²) in [5.74, 6) is -0.470. The summed E-state index contributed by atoms with van der Waals surface area (Å²) >= 11 is 5.80. The molecule has 3 rings (SSSR count). The molecule has 36 heavy (non-hydrogen) atoms. The Hall–Kier alpha value is -3.40. The normalized spacial score (nSPS) is 18.1. The standard InChI is InChI=1S/C25H34ClN7O3/c26-21-23(28)32-22(27)20(31-21)24(36)33-25(29)30-14-2-1-3-15-4-9-17(10-5-15)18-11-6-16(7-12-18)8-13-19(34)35/h4-5,9-10,16,18H,1-3,6-8,11-14H2,(H,34,35)(H4,27,28,32)(H3,29,30,33,36). The summed E-state index contributed by atoms with van der Waals surface area (Å²) in [6.07, 6.45) is 8.23. The Morgan fingerprint density at radius 3 is 2.42 bits per heavy atom.